The van der Waals surface area contributed by atoms with Gasteiger partial charge in [0, 0.05) is 12.8 Å². The van der Waals surface area contributed by atoms with Crippen molar-refractivity contribution in [3.05, 3.63) is 12.2 Å². The van der Waals surface area contributed by atoms with Gasteiger partial charge in [-0.3, -0.25) is 9.59 Å². The first-order chi connectivity index (χ1) is 13.9. The third-order valence-electron chi connectivity index (χ3n) is 5.77. The fraction of sp³-hybridized carbons (Fsp3) is 0.833. The second-order valence-electron chi connectivity index (χ2n) is 9.04. The number of allylic oxidation sites excluding steroid dienone is 2. The Labute approximate surface area is 192 Å². The third kappa shape index (κ3) is 12.0. The van der Waals surface area contributed by atoms with Gasteiger partial charge in [-0.1, -0.05) is 70.4 Å². The lowest BCUT2D eigenvalue weighted by Gasteiger charge is -2.18. The lowest BCUT2D eigenvalue weighted by molar-refractivity contribution is -0.149. The number of rotatable bonds is 16. The molecule has 0 N–H and O–H groups in total. The summed E-state index contributed by atoms with van der Waals surface area (Å²) in [5.41, 5.74) is -0.320. The van der Waals surface area contributed by atoms with Crippen molar-refractivity contribution in [3.63, 3.8) is 0 Å². The van der Waals surface area contributed by atoms with Crippen molar-refractivity contribution in [2.45, 2.75) is 116 Å². The predicted octanol–water partition coefficient (Wildman–Crippen LogP) is 7.48. The molecule has 1 fully saturated rings. The minimum absolute atomic E-state index is 0.0109. The Balaban J connectivity index is 2.34. The van der Waals surface area contributed by atoms with Crippen LogP contribution in [0.2, 0.25) is 0 Å². The van der Waals surface area contributed by atoms with E-state index in [0.717, 1.165) is 44.9 Å². The van der Waals surface area contributed by atoms with Crippen molar-refractivity contribution in [1.82, 2.24) is 0 Å². The molecule has 0 aromatic rings. The Morgan fingerprint density at radius 3 is 2.45 bits per heavy atom. The van der Waals surface area contributed by atoms with Gasteiger partial charge in [0.2, 0.25) is 0 Å². The standard InChI is InChI=1S/C24H41IO4/c1-4-5-6-10-13-16-20(21-19-24(2,3)28-23(21)27)17-14-11-8-7-9-12-15-18-22(26)29-25/h14,17,20-21H,4-13,15-16,18-19H2,1-3H3/b17-14+. The van der Waals surface area contributed by atoms with E-state index in [9.17, 15) is 9.59 Å². The van der Waals surface area contributed by atoms with Crippen LogP contribution in [0.25, 0.3) is 0 Å². The van der Waals surface area contributed by atoms with E-state index in [-0.39, 0.29) is 23.5 Å². The molecule has 0 amide bonds. The first kappa shape index (κ1) is 26.4. The molecule has 0 aliphatic carbocycles. The maximum absolute atomic E-state index is 12.4. The number of ether oxygens (including phenoxy) is 1. The van der Waals surface area contributed by atoms with E-state index in [0.29, 0.717) is 12.3 Å². The highest BCUT2D eigenvalue weighted by Gasteiger charge is 2.42. The Bertz CT molecular complexity index is 501. The number of esters is 1. The highest BCUT2D eigenvalue weighted by Crippen LogP contribution is 2.37. The summed E-state index contributed by atoms with van der Waals surface area (Å²) in [5, 5.41) is 0. The predicted molar refractivity (Wildman–Crippen MR) is 127 cm³/mol. The first-order valence-electron chi connectivity index (χ1n) is 11.6. The SMILES string of the molecule is CCCCCCCC(/C=C/CCCCCCCC(=O)OI)C1CC(C)(C)OC1=O. The molecule has 0 aromatic heterocycles. The van der Waals surface area contributed by atoms with Crippen LogP contribution >= 0.6 is 23.0 Å². The van der Waals surface area contributed by atoms with Crippen molar-refractivity contribution in [2.75, 3.05) is 0 Å². The van der Waals surface area contributed by atoms with Crippen molar-refractivity contribution < 1.29 is 17.4 Å². The topological polar surface area (TPSA) is 52.6 Å². The zero-order valence-corrected chi connectivity index (χ0v) is 20.9. The molecule has 5 heteroatoms. The second-order valence-corrected chi connectivity index (χ2v) is 9.48. The number of hydrogen-bond donors (Lipinski definition) is 0. The molecule has 0 aromatic carbocycles. The van der Waals surface area contributed by atoms with Crippen LogP contribution in [-0.4, -0.2) is 17.5 Å². The van der Waals surface area contributed by atoms with Crippen LogP contribution in [0.3, 0.4) is 0 Å². The largest absolute Gasteiger partial charge is 0.459 e. The molecule has 0 bridgehead atoms. The van der Waals surface area contributed by atoms with E-state index in [1.54, 1.807) is 23.0 Å². The molecule has 1 heterocycles. The number of carbonyl (C=O) groups is 2. The van der Waals surface area contributed by atoms with Crippen molar-refractivity contribution >= 4 is 34.9 Å². The highest BCUT2D eigenvalue weighted by molar-refractivity contribution is 14.1. The van der Waals surface area contributed by atoms with Gasteiger partial charge in [-0.25, -0.2) is 0 Å². The van der Waals surface area contributed by atoms with Crippen LogP contribution in [0.1, 0.15) is 111 Å². The molecule has 1 saturated heterocycles. The zero-order chi connectivity index (χ0) is 21.5. The summed E-state index contributed by atoms with van der Waals surface area (Å²) in [4.78, 5) is 23.5. The molecule has 0 saturated carbocycles. The molecule has 0 spiro atoms. The summed E-state index contributed by atoms with van der Waals surface area (Å²) in [6.45, 7) is 6.28. The molecule has 2 atom stereocenters. The quantitative estimate of drug-likeness (QED) is 0.0916. The first-order valence-corrected chi connectivity index (χ1v) is 12.5. The Kier molecular flexibility index (Phi) is 13.9. The smallest absolute Gasteiger partial charge is 0.315 e. The zero-order valence-electron chi connectivity index (χ0n) is 18.7. The maximum atomic E-state index is 12.4. The van der Waals surface area contributed by atoms with E-state index >= 15 is 0 Å². The van der Waals surface area contributed by atoms with Gasteiger partial charge in [-0.05, 0) is 45.4 Å². The Morgan fingerprint density at radius 2 is 1.79 bits per heavy atom. The molecule has 1 aliphatic heterocycles. The lowest BCUT2D eigenvalue weighted by atomic mass is 9.82. The van der Waals surface area contributed by atoms with Gasteiger partial charge >= 0.3 is 11.9 Å². The van der Waals surface area contributed by atoms with E-state index in [2.05, 4.69) is 22.1 Å². The maximum Gasteiger partial charge on any atom is 0.315 e. The van der Waals surface area contributed by atoms with E-state index in [1.165, 1.54) is 38.5 Å². The lowest BCUT2D eigenvalue weighted by Crippen LogP contribution is -2.18. The average molecular weight is 520 g/mol. The molecule has 4 nitrogen and oxygen atoms in total. The van der Waals surface area contributed by atoms with Gasteiger partial charge in [0.1, 0.15) is 5.60 Å². The minimum Gasteiger partial charge on any atom is -0.459 e. The summed E-state index contributed by atoms with van der Waals surface area (Å²) >= 11 is 1.65. The molecule has 1 rings (SSSR count). The summed E-state index contributed by atoms with van der Waals surface area (Å²) < 4.78 is 10.2. The Morgan fingerprint density at radius 1 is 1.14 bits per heavy atom. The highest BCUT2D eigenvalue weighted by atomic mass is 127. The van der Waals surface area contributed by atoms with Gasteiger partial charge in [0.25, 0.3) is 0 Å². The van der Waals surface area contributed by atoms with E-state index < -0.39 is 0 Å². The van der Waals surface area contributed by atoms with Crippen LogP contribution in [0.4, 0.5) is 0 Å². The number of carbonyl (C=O) groups excluding carboxylic acids is 2. The van der Waals surface area contributed by atoms with Crippen LogP contribution in [0.5, 0.6) is 0 Å². The number of unbranched alkanes of at least 4 members (excludes halogenated alkanes) is 9. The van der Waals surface area contributed by atoms with Crippen molar-refractivity contribution in [1.29, 1.82) is 0 Å². The second kappa shape index (κ2) is 15.2. The molecule has 2 unspecified atom stereocenters. The van der Waals surface area contributed by atoms with E-state index in [1.807, 2.05) is 13.8 Å². The molecule has 29 heavy (non-hydrogen) atoms. The molecule has 1 aliphatic rings. The fourth-order valence-electron chi connectivity index (χ4n) is 4.12. The van der Waals surface area contributed by atoms with Gasteiger partial charge in [0.15, 0.2) is 23.0 Å². The van der Waals surface area contributed by atoms with Gasteiger partial charge < -0.3 is 7.80 Å². The molecular formula is C24H41IO4. The third-order valence-corrected chi connectivity index (χ3v) is 6.26. The van der Waals surface area contributed by atoms with Crippen molar-refractivity contribution in [2.24, 2.45) is 11.8 Å². The van der Waals surface area contributed by atoms with Gasteiger partial charge in [-0.2, -0.15) is 0 Å². The average Bonchev–Trinajstić information content (AvgIpc) is 2.96. The number of hydrogen-bond acceptors (Lipinski definition) is 4. The minimum atomic E-state index is -0.320. The normalized spacial score (nSPS) is 19.4. The summed E-state index contributed by atoms with van der Waals surface area (Å²) in [7, 11) is 0. The van der Waals surface area contributed by atoms with Crippen LogP contribution in [-0.2, 0) is 17.4 Å². The monoisotopic (exact) mass is 520 g/mol. The van der Waals surface area contributed by atoms with Crippen LogP contribution < -0.4 is 0 Å². The number of halogens is 1. The fourth-order valence-corrected chi connectivity index (χ4v) is 4.34. The van der Waals surface area contributed by atoms with Crippen LogP contribution in [0, 0.1) is 11.8 Å². The summed E-state index contributed by atoms with van der Waals surface area (Å²) in [5.74, 6) is 0.196. The summed E-state index contributed by atoms with van der Waals surface area (Å²) in [6, 6.07) is 0. The van der Waals surface area contributed by atoms with Crippen molar-refractivity contribution in [3.8, 4) is 0 Å². The summed E-state index contributed by atoms with van der Waals surface area (Å²) in [6.07, 6.45) is 19.9. The molecule has 0 radical (unpaired) electrons. The van der Waals surface area contributed by atoms with Gasteiger partial charge in [-0.15, -0.1) is 0 Å². The molecule has 168 valence electrons. The van der Waals surface area contributed by atoms with E-state index in [4.69, 9.17) is 4.74 Å². The molecular weight excluding hydrogens is 479 g/mol. The van der Waals surface area contributed by atoms with Gasteiger partial charge in [0.05, 0.1) is 5.92 Å². The Hall–Kier alpha value is -0.590. The number of cyclic esters (lactones) is 1. The van der Waals surface area contributed by atoms with Crippen LogP contribution in [0.15, 0.2) is 12.2 Å².